The number of nitro benzene ring substituents is 1. The molecule has 22 heavy (non-hydrogen) atoms. The minimum atomic E-state index is -0.545. The molecule has 0 unspecified atom stereocenters. The molecule has 2 aromatic carbocycles. The van der Waals surface area contributed by atoms with Crippen LogP contribution in [-0.2, 0) is 0 Å². The van der Waals surface area contributed by atoms with Crippen molar-refractivity contribution in [1.82, 2.24) is 15.4 Å². The van der Waals surface area contributed by atoms with E-state index in [1.807, 2.05) is 0 Å². The maximum atomic E-state index is 12.1. The molecule has 3 aromatic rings. The number of rotatable bonds is 3. The van der Waals surface area contributed by atoms with Crippen LogP contribution in [0.2, 0.25) is 0 Å². The number of carbonyl (C=O) groups is 1. The molecule has 0 fully saturated rings. The van der Waals surface area contributed by atoms with Gasteiger partial charge in [-0.05, 0) is 6.07 Å². The van der Waals surface area contributed by atoms with Crippen molar-refractivity contribution in [1.29, 1.82) is 0 Å². The molecule has 1 aromatic heterocycles. The Morgan fingerprint density at radius 1 is 1.05 bits per heavy atom. The summed E-state index contributed by atoms with van der Waals surface area (Å²) in [5.41, 5.74) is 0.395. The van der Waals surface area contributed by atoms with Crippen LogP contribution in [0.15, 0.2) is 67.0 Å². The zero-order valence-electron chi connectivity index (χ0n) is 11.4. The lowest BCUT2D eigenvalue weighted by Crippen LogP contribution is -2.04. The third-order valence-corrected chi connectivity index (χ3v) is 2.71. The summed E-state index contributed by atoms with van der Waals surface area (Å²) in [6, 6.07) is 14.5. The van der Waals surface area contributed by atoms with E-state index < -0.39 is 4.92 Å². The molecule has 0 amide bonds. The summed E-state index contributed by atoms with van der Waals surface area (Å²) in [5, 5.41) is 20.1. The van der Waals surface area contributed by atoms with E-state index in [1.54, 1.807) is 54.9 Å². The van der Waals surface area contributed by atoms with Gasteiger partial charge in [-0.15, -0.1) is 5.10 Å². The zero-order valence-corrected chi connectivity index (χ0v) is 11.4. The second-order valence-electron chi connectivity index (χ2n) is 4.13. The van der Waals surface area contributed by atoms with Crippen molar-refractivity contribution >= 4 is 11.5 Å². The maximum Gasteiger partial charge on any atom is 0.280 e. The lowest BCUT2D eigenvalue weighted by Gasteiger charge is -2.01. The van der Waals surface area contributed by atoms with Gasteiger partial charge in [0.1, 0.15) is 5.56 Å². The third-order valence-electron chi connectivity index (χ3n) is 2.71. The van der Waals surface area contributed by atoms with Crippen molar-refractivity contribution in [2.75, 3.05) is 0 Å². The fourth-order valence-electron chi connectivity index (χ4n) is 1.74. The second-order valence-corrected chi connectivity index (χ2v) is 4.13. The fourth-order valence-corrected chi connectivity index (χ4v) is 1.74. The molecule has 110 valence electrons. The van der Waals surface area contributed by atoms with E-state index in [9.17, 15) is 14.9 Å². The van der Waals surface area contributed by atoms with Gasteiger partial charge < -0.3 is 0 Å². The van der Waals surface area contributed by atoms with Crippen LogP contribution in [0.5, 0.6) is 0 Å². The molecule has 0 saturated carbocycles. The van der Waals surface area contributed by atoms with Gasteiger partial charge in [-0.2, -0.15) is 0 Å². The second kappa shape index (κ2) is 7.44. The monoisotopic (exact) mass is 296 g/mol. The number of ketones is 1. The lowest BCUT2D eigenvalue weighted by molar-refractivity contribution is -0.385. The Hall–Kier alpha value is -3.35. The summed E-state index contributed by atoms with van der Waals surface area (Å²) in [5.74, 6) is -0.335. The molecule has 0 bridgehead atoms. The smallest absolute Gasteiger partial charge is 0.280 e. The number of nitrogens with zero attached hydrogens (tertiary/aromatic N) is 3. The number of H-pyrrole nitrogens is 1. The molecule has 0 radical (unpaired) electrons. The molecule has 3 rings (SSSR count). The number of aromatic nitrogens is 3. The van der Waals surface area contributed by atoms with Crippen LogP contribution in [-0.4, -0.2) is 26.1 Å². The van der Waals surface area contributed by atoms with Crippen molar-refractivity contribution in [2.24, 2.45) is 0 Å². The van der Waals surface area contributed by atoms with E-state index in [1.165, 1.54) is 12.1 Å². The minimum Gasteiger partial charge on any atom is -0.288 e. The first-order chi connectivity index (χ1) is 10.7. The van der Waals surface area contributed by atoms with Gasteiger partial charge in [0.25, 0.3) is 5.69 Å². The van der Waals surface area contributed by atoms with Gasteiger partial charge in [-0.25, -0.2) is 0 Å². The summed E-state index contributed by atoms with van der Waals surface area (Å²) in [4.78, 5) is 22.3. The van der Waals surface area contributed by atoms with Gasteiger partial charge in [-0.3, -0.25) is 20.0 Å². The third kappa shape index (κ3) is 3.83. The molecular weight excluding hydrogens is 284 g/mol. The van der Waals surface area contributed by atoms with Crippen molar-refractivity contribution in [3.63, 3.8) is 0 Å². The molecule has 7 heteroatoms. The standard InChI is InChI=1S/C13H9NO3.C2H3N3/c15-13(10-6-2-1-3-7-10)11-8-4-5-9-12(11)14(16)17;1-2-4-5-3-1/h1-9H;1-2H,(H,3,4,5). The minimum absolute atomic E-state index is 0.115. The number of para-hydroxylation sites is 1. The highest BCUT2D eigenvalue weighted by atomic mass is 16.6. The van der Waals surface area contributed by atoms with Crippen molar-refractivity contribution in [3.8, 4) is 0 Å². The van der Waals surface area contributed by atoms with Gasteiger partial charge in [-0.1, -0.05) is 47.7 Å². The van der Waals surface area contributed by atoms with Crippen LogP contribution in [0.3, 0.4) is 0 Å². The average molecular weight is 296 g/mol. The molecular formula is C15H12N4O3. The van der Waals surface area contributed by atoms with Crippen LogP contribution in [0, 0.1) is 10.1 Å². The Kier molecular flexibility index (Phi) is 5.09. The molecule has 1 heterocycles. The maximum absolute atomic E-state index is 12.1. The SMILES string of the molecule is O=C(c1ccccc1)c1ccccc1[N+](=O)[O-].c1c[nH]nn1. The predicted molar refractivity (Wildman–Crippen MR) is 79.4 cm³/mol. The highest BCUT2D eigenvalue weighted by Crippen LogP contribution is 2.20. The first-order valence-electron chi connectivity index (χ1n) is 6.33. The number of benzene rings is 2. The lowest BCUT2D eigenvalue weighted by atomic mass is 10.0. The normalized spacial score (nSPS) is 9.45. The van der Waals surface area contributed by atoms with E-state index in [4.69, 9.17) is 0 Å². The van der Waals surface area contributed by atoms with E-state index in [0.29, 0.717) is 5.56 Å². The van der Waals surface area contributed by atoms with Gasteiger partial charge in [0.05, 0.1) is 11.1 Å². The largest absolute Gasteiger partial charge is 0.288 e. The molecule has 0 aliphatic rings. The summed E-state index contributed by atoms with van der Waals surface area (Å²) in [6.07, 6.45) is 3.24. The van der Waals surface area contributed by atoms with E-state index >= 15 is 0 Å². The van der Waals surface area contributed by atoms with Crippen LogP contribution in [0.25, 0.3) is 0 Å². The molecule has 0 aliphatic carbocycles. The summed E-state index contributed by atoms with van der Waals surface area (Å²) >= 11 is 0. The quantitative estimate of drug-likeness (QED) is 0.454. The molecule has 0 atom stereocenters. The number of carbonyl (C=O) groups excluding carboxylic acids is 1. The molecule has 0 aliphatic heterocycles. The van der Waals surface area contributed by atoms with E-state index in [0.717, 1.165) is 0 Å². The van der Waals surface area contributed by atoms with Crippen LogP contribution < -0.4 is 0 Å². The number of aromatic amines is 1. The number of hydrogen-bond acceptors (Lipinski definition) is 5. The molecule has 0 spiro atoms. The fraction of sp³-hybridized carbons (Fsp3) is 0. The highest BCUT2D eigenvalue weighted by molar-refractivity contribution is 6.11. The average Bonchev–Trinajstić information content (AvgIpc) is 3.15. The number of nitro groups is 1. The topological polar surface area (TPSA) is 102 Å². The Bertz CT molecular complexity index is 725. The van der Waals surface area contributed by atoms with Gasteiger partial charge in [0.2, 0.25) is 0 Å². The van der Waals surface area contributed by atoms with Crippen molar-refractivity contribution in [2.45, 2.75) is 0 Å². The van der Waals surface area contributed by atoms with Crippen LogP contribution in [0.4, 0.5) is 5.69 Å². The van der Waals surface area contributed by atoms with Gasteiger partial charge >= 0.3 is 0 Å². The van der Waals surface area contributed by atoms with Crippen molar-refractivity contribution < 1.29 is 9.72 Å². The number of nitrogens with one attached hydrogen (secondary N) is 1. The zero-order chi connectivity index (χ0) is 15.8. The van der Waals surface area contributed by atoms with Gasteiger partial charge in [0, 0.05) is 17.8 Å². The molecule has 1 N–H and O–H groups in total. The molecule has 7 nitrogen and oxygen atoms in total. The highest BCUT2D eigenvalue weighted by Gasteiger charge is 2.19. The van der Waals surface area contributed by atoms with E-state index in [2.05, 4.69) is 15.4 Å². The Morgan fingerprint density at radius 3 is 2.27 bits per heavy atom. The van der Waals surface area contributed by atoms with Crippen LogP contribution in [0.1, 0.15) is 15.9 Å². The predicted octanol–water partition coefficient (Wildman–Crippen LogP) is 2.63. The van der Waals surface area contributed by atoms with Crippen LogP contribution >= 0.6 is 0 Å². The first kappa shape index (κ1) is 15.0. The van der Waals surface area contributed by atoms with E-state index in [-0.39, 0.29) is 17.0 Å². The Labute approximate surface area is 125 Å². The van der Waals surface area contributed by atoms with Gasteiger partial charge in [0.15, 0.2) is 5.78 Å². The number of hydrogen-bond donors (Lipinski definition) is 1. The first-order valence-corrected chi connectivity index (χ1v) is 6.33. The summed E-state index contributed by atoms with van der Waals surface area (Å²) in [7, 11) is 0. The van der Waals surface area contributed by atoms with Crippen molar-refractivity contribution in [3.05, 3.63) is 88.2 Å². The summed E-state index contributed by atoms with van der Waals surface area (Å²) < 4.78 is 0. The summed E-state index contributed by atoms with van der Waals surface area (Å²) in [6.45, 7) is 0. The molecule has 0 saturated heterocycles. The Balaban J connectivity index is 0.000000299. The Morgan fingerprint density at radius 2 is 1.73 bits per heavy atom.